The molecule has 6 nitrogen and oxygen atoms in total. The van der Waals surface area contributed by atoms with Gasteiger partial charge < -0.3 is 10.2 Å². The summed E-state index contributed by atoms with van der Waals surface area (Å²) >= 11 is 5.99. The zero-order chi connectivity index (χ0) is 20.3. The highest BCUT2D eigenvalue weighted by Gasteiger charge is 2.54. The molecule has 1 spiro atoms. The summed E-state index contributed by atoms with van der Waals surface area (Å²) in [5.41, 5.74) is 0.436. The maximum absolute atomic E-state index is 13.3. The molecule has 2 aromatic rings. The second-order valence-corrected chi connectivity index (χ2v) is 10.3. The molecule has 2 aromatic carbocycles. The monoisotopic (exact) mass is 431 g/mol. The van der Waals surface area contributed by atoms with E-state index in [1.165, 1.54) is 0 Å². The Balaban J connectivity index is 1.34. The van der Waals surface area contributed by atoms with Crippen LogP contribution in [0.2, 0.25) is 5.02 Å². The molecule has 2 N–H and O–H groups in total. The average molecular weight is 432 g/mol. The summed E-state index contributed by atoms with van der Waals surface area (Å²) in [4.78, 5) is 15.4. The van der Waals surface area contributed by atoms with Crippen molar-refractivity contribution in [1.29, 1.82) is 0 Å². The van der Waals surface area contributed by atoms with Crippen molar-refractivity contribution in [1.82, 2.24) is 9.62 Å². The fourth-order valence-electron chi connectivity index (χ4n) is 4.54. The third-order valence-corrected chi connectivity index (χ3v) is 8.19. The second kappa shape index (κ2) is 6.45. The Hall–Kier alpha value is -2.09. The Morgan fingerprint density at radius 1 is 0.966 bits per heavy atom. The molecule has 1 saturated carbocycles. The first-order valence-corrected chi connectivity index (χ1v) is 11.7. The molecule has 5 rings (SSSR count). The number of carbonyl (C=O) groups is 1. The summed E-state index contributed by atoms with van der Waals surface area (Å²) in [7, 11) is -3.58. The molecule has 0 radical (unpaired) electrons. The van der Waals surface area contributed by atoms with E-state index in [0.717, 1.165) is 18.4 Å². The van der Waals surface area contributed by atoms with Crippen LogP contribution in [0.3, 0.4) is 0 Å². The topological polar surface area (TPSA) is 78.5 Å². The van der Waals surface area contributed by atoms with Crippen LogP contribution in [0, 0.1) is 0 Å². The van der Waals surface area contributed by atoms with Crippen molar-refractivity contribution >= 4 is 33.2 Å². The van der Waals surface area contributed by atoms with E-state index < -0.39 is 21.1 Å². The third-order valence-electron chi connectivity index (χ3n) is 6.34. The first-order chi connectivity index (χ1) is 13.8. The summed E-state index contributed by atoms with van der Waals surface area (Å²) in [5, 5.41) is 4.04. The minimum atomic E-state index is -3.58. The number of carbonyl (C=O) groups excluding carboxylic acids is 1. The predicted octanol–water partition coefficient (Wildman–Crippen LogP) is 3.09. The van der Waals surface area contributed by atoms with Crippen LogP contribution in [0.25, 0.3) is 0 Å². The van der Waals surface area contributed by atoms with E-state index in [9.17, 15) is 13.2 Å². The minimum Gasteiger partial charge on any atom is -0.365 e. The lowest BCUT2D eigenvalue weighted by atomic mass is 9.91. The molecular formula is C21H22ClN3O3S. The van der Waals surface area contributed by atoms with Gasteiger partial charge in [0.15, 0.2) is 0 Å². The molecule has 0 unspecified atom stereocenters. The summed E-state index contributed by atoms with van der Waals surface area (Å²) < 4.78 is 28.2. The Bertz CT molecular complexity index is 1070. The zero-order valence-corrected chi connectivity index (χ0v) is 17.4. The van der Waals surface area contributed by atoms with E-state index in [1.807, 2.05) is 35.2 Å². The Labute approximate surface area is 175 Å². The molecule has 29 heavy (non-hydrogen) atoms. The number of anilines is 1. The number of rotatable bonds is 2. The summed E-state index contributed by atoms with van der Waals surface area (Å²) in [6, 6.07) is 14.4. The number of hydrogen-bond donors (Lipinski definition) is 2. The van der Waals surface area contributed by atoms with Gasteiger partial charge in [-0.3, -0.25) is 4.79 Å². The van der Waals surface area contributed by atoms with Crippen molar-refractivity contribution in [3.63, 3.8) is 0 Å². The number of para-hydroxylation sites is 1. The zero-order valence-electron chi connectivity index (χ0n) is 15.8. The van der Waals surface area contributed by atoms with Gasteiger partial charge in [-0.05, 0) is 42.7 Å². The van der Waals surface area contributed by atoms with Crippen molar-refractivity contribution in [3.05, 3.63) is 59.1 Å². The summed E-state index contributed by atoms with van der Waals surface area (Å²) in [6.45, 7) is 1.01. The smallest absolute Gasteiger partial charge is 0.244 e. The first kappa shape index (κ1) is 18.9. The quantitative estimate of drug-likeness (QED) is 0.765. The van der Waals surface area contributed by atoms with Gasteiger partial charge in [0.05, 0.1) is 11.1 Å². The van der Waals surface area contributed by atoms with Crippen molar-refractivity contribution in [2.45, 2.75) is 41.7 Å². The Morgan fingerprint density at radius 2 is 1.62 bits per heavy atom. The molecular weight excluding hydrogens is 410 g/mol. The van der Waals surface area contributed by atoms with Crippen LogP contribution in [0.15, 0.2) is 53.4 Å². The average Bonchev–Trinajstić information content (AvgIpc) is 3.50. The molecule has 8 heteroatoms. The summed E-state index contributed by atoms with van der Waals surface area (Å²) in [5.74, 6) is 0.133. The van der Waals surface area contributed by atoms with Crippen LogP contribution in [-0.4, -0.2) is 38.0 Å². The number of sulfonamides is 1. The molecule has 1 aliphatic carbocycles. The standard InChI is InChI=1S/C21H22ClN3O3S/c22-16-7-5-15(6-8-16)20(9-10-20)19(26)25-13-11-21(12-14-25)23-17-3-1-2-4-18(17)29(27,28)24-21/h1-8,23-24H,9-14H2. The van der Waals surface area contributed by atoms with Gasteiger partial charge >= 0.3 is 0 Å². The third kappa shape index (κ3) is 3.12. The van der Waals surface area contributed by atoms with E-state index >= 15 is 0 Å². The van der Waals surface area contributed by atoms with Crippen molar-refractivity contribution in [2.75, 3.05) is 18.4 Å². The summed E-state index contributed by atoms with van der Waals surface area (Å²) in [6.07, 6.45) is 2.72. The Kier molecular flexibility index (Phi) is 4.21. The largest absolute Gasteiger partial charge is 0.365 e. The maximum Gasteiger partial charge on any atom is 0.244 e. The van der Waals surface area contributed by atoms with E-state index in [1.54, 1.807) is 18.2 Å². The van der Waals surface area contributed by atoms with Crippen LogP contribution in [0.4, 0.5) is 5.69 Å². The van der Waals surface area contributed by atoms with E-state index in [2.05, 4.69) is 10.0 Å². The second-order valence-electron chi connectivity index (χ2n) is 8.19. The van der Waals surface area contributed by atoms with Gasteiger partial charge in [-0.15, -0.1) is 0 Å². The molecule has 3 aliphatic rings. The van der Waals surface area contributed by atoms with Gasteiger partial charge in [-0.2, -0.15) is 4.72 Å². The number of fused-ring (bicyclic) bond motifs is 1. The van der Waals surface area contributed by atoms with Crippen molar-refractivity contribution in [2.24, 2.45) is 0 Å². The van der Waals surface area contributed by atoms with Gasteiger partial charge in [0, 0.05) is 31.0 Å². The van der Waals surface area contributed by atoms with E-state index in [0.29, 0.717) is 36.6 Å². The number of piperidine rings is 1. The minimum absolute atomic E-state index is 0.133. The van der Waals surface area contributed by atoms with Crippen molar-refractivity contribution in [3.8, 4) is 0 Å². The number of nitrogens with zero attached hydrogens (tertiary/aromatic N) is 1. The molecule has 1 saturated heterocycles. The number of hydrogen-bond acceptors (Lipinski definition) is 4. The van der Waals surface area contributed by atoms with Gasteiger partial charge in [-0.1, -0.05) is 35.9 Å². The number of halogens is 1. The van der Waals surface area contributed by atoms with Gasteiger partial charge in [0.1, 0.15) is 10.6 Å². The Morgan fingerprint density at radius 3 is 2.28 bits per heavy atom. The molecule has 2 heterocycles. The number of amides is 1. The number of nitrogens with one attached hydrogen (secondary N) is 2. The molecule has 152 valence electrons. The molecule has 1 amide bonds. The van der Waals surface area contributed by atoms with Crippen LogP contribution in [0.1, 0.15) is 31.2 Å². The first-order valence-electron chi connectivity index (χ1n) is 9.80. The lowest BCUT2D eigenvalue weighted by Crippen LogP contribution is -2.63. The fourth-order valence-corrected chi connectivity index (χ4v) is 6.21. The van der Waals surface area contributed by atoms with Crippen LogP contribution >= 0.6 is 11.6 Å². The van der Waals surface area contributed by atoms with E-state index in [4.69, 9.17) is 11.6 Å². The molecule has 0 bridgehead atoms. The molecule has 0 atom stereocenters. The SMILES string of the molecule is O=C(N1CCC2(CC1)Nc1ccccc1S(=O)(=O)N2)C1(c2ccc(Cl)cc2)CC1. The number of likely N-dealkylation sites (tertiary alicyclic amines) is 1. The van der Waals surface area contributed by atoms with Gasteiger partial charge in [0.25, 0.3) is 0 Å². The predicted molar refractivity (Wildman–Crippen MR) is 111 cm³/mol. The lowest BCUT2D eigenvalue weighted by molar-refractivity contribution is -0.135. The van der Waals surface area contributed by atoms with Gasteiger partial charge in [-0.25, -0.2) is 8.42 Å². The highest BCUT2D eigenvalue weighted by atomic mass is 35.5. The van der Waals surface area contributed by atoms with Crippen LogP contribution in [0.5, 0.6) is 0 Å². The molecule has 0 aromatic heterocycles. The van der Waals surface area contributed by atoms with Gasteiger partial charge in [0.2, 0.25) is 15.9 Å². The molecule has 2 aliphatic heterocycles. The highest BCUT2D eigenvalue weighted by molar-refractivity contribution is 7.89. The van der Waals surface area contributed by atoms with E-state index in [-0.39, 0.29) is 10.8 Å². The molecule has 2 fully saturated rings. The number of benzene rings is 2. The van der Waals surface area contributed by atoms with Crippen molar-refractivity contribution < 1.29 is 13.2 Å². The lowest BCUT2D eigenvalue weighted by Gasteiger charge is -2.46. The van der Waals surface area contributed by atoms with Crippen LogP contribution < -0.4 is 10.0 Å². The van der Waals surface area contributed by atoms with Crippen LogP contribution in [-0.2, 0) is 20.2 Å². The maximum atomic E-state index is 13.3. The highest BCUT2D eigenvalue weighted by Crippen LogP contribution is 2.50. The normalized spacial score (nSPS) is 23.1. The fraction of sp³-hybridized carbons (Fsp3) is 0.381.